The van der Waals surface area contributed by atoms with Crippen LogP contribution in [0.4, 0.5) is 0 Å². The second-order valence-corrected chi connectivity index (χ2v) is 6.96. The molecule has 1 aliphatic rings. The molecule has 1 saturated heterocycles. The van der Waals surface area contributed by atoms with E-state index in [1.807, 2.05) is 36.4 Å². The minimum atomic E-state index is -0.947. The van der Waals surface area contributed by atoms with E-state index in [1.54, 1.807) is 30.6 Å². The summed E-state index contributed by atoms with van der Waals surface area (Å²) in [4.78, 5) is 19.0. The molecule has 3 aromatic rings. The number of benzene rings is 1. The highest BCUT2D eigenvalue weighted by molar-refractivity contribution is 5.99. The molecule has 1 amide bonds. The first-order valence-corrected chi connectivity index (χ1v) is 9.21. The van der Waals surface area contributed by atoms with Crippen LogP contribution in [0.3, 0.4) is 0 Å². The van der Waals surface area contributed by atoms with Crippen LogP contribution in [0.2, 0.25) is 0 Å². The molecule has 2 N–H and O–H groups in total. The Morgan fingerprint density at radius 3 is 2.75 bits per heavy atom. The summed E-state index contributed by atoms with van der Waals surface area (Å²) >= 11 is 0. The predicted molar refractivity (Wildman–Crippen MR) is 104 cm³/mol. The van der Waals surface area contributed by atoms with E-state index < -0.39 is 5.60 Å². The number of nitrogens with one attached hydrogen (secondary N) is 1. The highest BCUT2D eigenvalue weighted by Gasteiger charge is 2.36. The van der Waals surface area contributed by atoms with Crippen LogP contribution >= 0.6 is 0 Å². The summed E-state index contributed by atoms with van der Waals surface area (Å²) in [6, 6.07) is 11.2. The summed E-state index contributed by atoms with van der Waals surface area (Å²) < 4.78 is 5.27. The molecule has 0 aliphatic carbocycles. The van der Waals surface area contributed by atoms with Crippen molar-refractivity contribution in [3.05, 3.63) is 66.1 Å². The van der Waals surface area contributed by atoms with Crippen LogP contribution in [-0.4, -0.2) is 51.3 Å². The molecule has 1 aliphatic heterocycles. The van der Waals surface area contributed by atoms with Crippen LogP contribution < -0.4 is 4.74 Å². The van der Waals surface area contributed by atoms with Crippen molar-refractivity contribution in [3.63, 3.8) is 0 Å². The van der Waals surface area contributed by atoms with Gasteiger partial charge in [-0.1, -0.05) is 18.2 Å². The van der Waals surface area contributed by atoms with Gasteiger partial charge in [0.25, 0.3) is 5.91 Å². The third kappa shape index (κ3) is 3.36. The molecule has 2 aromatic heterocycles. The van der Waals surface area contributed by atoms with Crippen molar-refractivity contribution in [3.8, 4) is 17.0 Å². The van der Waals surface area contributed by atoms with Crippen LogP contribution in [0.25, 0.3) is 11.3 Å². The average molecular weight is 378 g/mol. The number of aromatic amines is 1. The highest BCUT2D eigenvalue weighted by atomic mass is 16.5. The molecule has 3 heterocycles. The maximum atomic E-state index is 13.1. The zero-order valence-electron chi connectivity index (χ0n) is 15.6. The number of carbonyl (C=O) groups is 1. The first-order chi connectivity index (χ1) is 13.6. The molecule has 28 heavy (non-hydrogen) atoms. The van der Waals surface area contributed by atoms with E-state index in [0.29, 0.717) is 42.9 Å². The van der Waals surface area contributed by atoms with E-state index in [2.05, 4.69) is 15.2 Å². The number of aliphatic hydroxyl groups is 1. The molecular formula is C21H22N4O3. The lowest BCUT2D eigenvalue weighted by Gasteiger charge is -2.38. The fraction of sp³-hybridized carbons (Fsp3) is 0.286. The van der Waals surface area contributed by atoms with Crippen LogP contribution in [0.5, 0.6) is 5.75 Å². The number of hydrogen-bond donors (Lipinski definition) is 2. The largest absolute Gasteiger partial charge is 0.497 e. The Morgan fingerprint density at radius 2 is 2.04 bits per heavy atom. The summed E-state index contributed by atoms with van der Waals surface area (Å²) in [5.74, 6) is 0.616. The second-order valence-electron chi connectivity index (χ2n) is 6.96. The number of carbonyl (C=O) groups excluding carboxylic acids is 1. The molecule has 0 spiro atoms. The van der Waals surface area contributed by atoms with E-state index in [9.17, 15) is 9.90 Å². The van der Waals surface area contributed by atoms with Crippen molar-refractivity contribution in [1.82, 2.24) is 20.1 Å². The molecular weight excluding hydrogens is 356 g/mol. The number of aromatic nitrogens is 3. The summed E-state index contributed by atoms with van der Waals surface area (Å²) in [6.45, 7) is 0.930. The van der Waals surface area contributed by atoms with Gasteiger partial charge in [0.2, 0.25) is 0 Å². The molecule has 0 saturated carbocycles. The molecule has 4 rings (SSSR count). The van der Waals surface area contributed by atoms with E-state index in [4.69, 9.17) is 4.74 Å². The Morgan fingerprint density at radius 1 is 1.21 bits per heavy atom. The number of ether oxygens (including phenoxy) is 1. The zero-order chi connectivity index (χ0) is 19.6. The fourth-order valence-electron chi connectivity index (χ4n) is 3.62. The SMILES string of the molecule is COc1cccc(-c2[nH]ncc2C(=O)N2CCC(O)(c3cccnc3)CC2)c1. The van der Waals surface area contributed by atoms with Crippen molar-refractivity contribution < 1.29 is 14.6 Å². The Kier molecular flexibility index (Phi) is 4.83. The lowest BCUT2D eigenvalue weighted by molar-refractivity contribution is -0.0213. The van der Waals surface area contributed by atoms with Crippen LogP contribution in [0.1, 0.15) is 28.8 Å². The molecule has 0 radical (unpaired) electrons. The Balaban J connectivity index is 1.52. The van der Waals surface area contributed by atoms with Gasteiger partial charge in [0.05, 0.1) is 30.2 Å². The average Bonchev–Trinajstić information content (AvgIpc) is 3.24. The minimum Gasteiger partial charge on any atom is -0.497 e. The third-order valence-electron chi connectivity index (χ3n) is 5.30. The molecule has 1 fully saturated rings. The number of hydrogen-bond acceptors (Lipinski definition) is 5. The van der Waals surface area contributed by atoms with Crippen molar-refractivity contribution in [2.24, 2.45) is 0 Å². The Hall–Kier alpha value is -3.19. The molecule has 7 nitrogen and oxygen atoms in total. The Labute approximate surface area is 163 Å². The lowest BCUT2D eigenvalue weighted by Crippen LogP contribution is -2.45. The second kappa shape index (κ2) is 7.44. The van der Waals surface area contributed by atoms with Gasteiger partial charge in [0.15, 0.2) is 0 Å². The topological polar surface area (TPSA) is 91.3 Å². The van der Waals surface area contributed by atoms with Gasteiger partial charge in [0.1, 0.15) is 5.75 Å². The number of likely N-dealkylation sites (tertiary alicyclic amines) is 1. The fourth-order valence-corrected chi connectivity index (χ4v) is 3.62. The molecule has 1 aromatic carbocycles. The normalized spacial score (nSPS) is 16.0. The van der Waals surface area contributed by atoms with Crippen LogP contribution in [0.15, 0.2) is 55.0 Å². The van der Waals surface area contributed by atoms with Crippen molar-refractivity contribution in [1.29, 1.82) is 0 Å². The number of H-pyrrole nitrogens is 1. The van der Waals surface area contributed by atoms with Gasteiger partial charge in [-0.25, -0.2) is 0 Å². The van der Waals surface area contributed by atoms with E-state index >= 15 is 0 Å². The van der Waals surface area contributed by atoms with E-state index in [-0.39, 0.29) is 5.91 Å². The number of methoxy groups -OCH3 is 1. The number of rotatable bonds is 4. The maximum absolute atomic E-state index is 13.1. The van der Waals surface area contributed by atoms with Gasteiger partial charge in [-0.15, -0.1) is 0 Å². The number of pyridine rings is 1. The molecule has 0 bridgehead atoms. The summed E-state index contributed by atoms with van der Waals surface area (Å²) in [6.07, 6.45) is 5.87. The standard InChI is InChI=1S/C21H22N4O3/c1-28-17-6-2-4-15(12-17)19-18(14-23-24-19)20(26)25-10-7-21(27,8-11-25)16-5-3-9-22-13-16/h2-6,9,12-14,27H,7-8,10-11H2,1H3,(H,23,24). The van der Waals surface area contributed by atoms with Crippen LogP contribution in [0, 0.1) is 0 Å². The first-order valence-electron chi connectivity index (χ1n) is 9.21. The smallest absolute Gasteiger partial charge is 0.257 e. The number of nitrogens with zero attached hydrogens (tertiary/aromatic N) is 3. The monoisotopic (exact) mass is 378 g/mol. The molecule has 144 valence electrons. The van der Waals surface area contributed by atoms with E-state index in [1.165, 1.54) is 0 Å². The Bertz CT molecular complexity index is 963. The summed E-state index contributed by atoms with van der Waals surface area (Å²) in [5.41, 5.74) is 1.86. The van der Waals surface area contributed by atoms with Gasteiger partial charge in [0, 0.05) is 36.6 Å². The maximum Gasteiger partial charge on any atom is 0.257 e. The third-order valence-corrected chi connectivity index (χ3v) is 5.30. The predicted octanol–water partition coefficient (Wildman–Crippen LogP) is 2.60. The zero-order valence-corrected chi connectivity index (χ0v) is 15.6. The number of piperidine rings is 1. The summed E-state index contributed by atoms with van der Waals surface area (Å²) in [5, 5.41) is 18.0. The molecule has 7 heteroatoms. The van der Waals surface area contributed by atoms with Gasteiger partial charge >= 0.3 is 0 Å². The van der Waals surface area contributed by atoms with Gasteiger partial charge in [-0.05, 0) is 31.0 Å². The van der Waals surface area contributed by atoms with Gasteiger partial charge in [-0.3, -0.25) is 14.9 Å². The number of amides is 1. The first kappa shape index (κ1) is 18.2. The van der Waals surface area contributed by atoms with Crippen molar-refractivity contribution >= 4 is 5.91 Å². The van der Waals surface area contributed by atoms with Crippen molar-refractivity contribution in [2.45, 2.75) is 18.4 Å². The quantitative estimate of drug-likeness (QED) is 0.728. The molecule has 0 atom stereocenters. The lowest BCUT2D eigenvalue weighted by atomic mass is 9.85. The molecule has 0 unspecified atom stereocenters. The van der Waals surface area contributed by atoms with Gasteiger partial charge in [-0.2, -0.15) is 5.10 Å². The van der Waals surface area contributed by atoms with Crippen molar-refractivity contribution in [2.75, 3.05) is 20.2 Å². The van der Waals surface area contributed by atoms with E-state index in [0.717, 1.165) is 11.1 Å². The van der Waals surface area contributed by atoms with Crippen LogP contribution in [-0.2, 0) is 5.60 Å². The van der Waals surface area contributed by atoms with Gasteiger partial charge < -0.3 is 14.7 Å². The highest BCUT2D eigenvalue weighted by Crippen LogP contribution is 2.33. The summed E-state index contributed by atoms with van der Waals surface area (Å²) in [7, 11) is 1.61. The minimum absolute atomic E-state index is 0.0974.